The topological polar surface area (TPSA) is 61.4 Å². The smallest absolute Gasteiger partial charge is 0.314 e. The number of hydrogen-bond donors (Lipinski definition) is 2. The average Bonchev–Trinajstić information content (AvgIpc) is 2.49. The minimum Gasteiger partial charge on any atom is -0.314 e. The second-order valence-corrected chi connectivity index (χ2v) is 7.39. The molecule has 2 N–H and O–H groups in total. The van der Waals surface area contributed by atoms with Crippen molar-refractivity contribution in [3.05, 3.63) is 29.0 Å². The van der Waals surface area contributed by atoms with E-state index in [9.17, 15) is 26.0 Å². The van der Waals surface area contributed by atoms with Crippen LogP contribution >= 0.6 is 24.0 Å². The van der Waals surface area contributed by atoms with Gasteiger partial charge in [0, 0.05) is 32.7 Å². The van der Waals surface area contributed by atoms with Crippen molar-refractivity contribution in [2.45, 2.75) is 17.1 Å². The lowest BCUT2D eigenvalue weighted by Crippen LogP contribution is -2.57. The van der Waals surface area contributed by atoms with Crippen LogP contribution in [0.3, 0.4) is 0 Å². The van der Waals surface area contributed by atoms with E-state index in [1.54, 1.807) is 0 Å². The Morgan fingerprint density at radius 1 is 1.28 bits per heavy atom. The summed E-state index contributed by atoms with van der Waals surface area (Å²) in [6.07, 6.45) is -4.62. The van der Waals surface area contributed by atoms with Gasteiger partial charge in [-0.2, -0.15) is 13.2 Å². The van der Waals surface area contributed by atoms with Gasteiger partial charge in [0.15, 0.2) is 5.82 Å². The van der Waals surface area contributed by atoms with E-state index in [1.165, 1.54) is 6.07 Å². The van der Waals surface area contributed by atoms with Gasteiger partial charge in [-0.1, -0.05) is 17.7 Å². The monoisotopic (exact) mass is 425 g/mol. The fraction of sp³-hybridized carbons (Fsp3) is 0.538. The van der Waals surface area contributed by atoms with Crippen LogP contribution in [-0.2, 0) is 10.0 Å². The van der Waals surface area contributed by atoms with Crippen LogP contribution in [-0.4, -0.2) is 58.3 Å². The third-order valence-electron chi connectivity index (χ3n) is 3.64. The predicted octanol–water partition coefficient (Wildman–Crippen LogP) is 2.02. The molecule has 0 aliphatic carbocycles. The molecule has 1 saturated heterocycles. The third-order valence-corrected chi connectivity index (χ3v) is 5.38. The Morgan fingerprint density at radius 2 is 1.88 bits per heavy atom. The molecular formula is C13H17Cl2F4N3O2S. The summed E-state index contributed by atoms with van der Waals surface area (Å²) in [6, 6.07) is 1.31. The first-order valence-electron chi connectivity index (χ1n) is 7.08. The normalized spacial score (nSPS) is 17.8. The van der Waals surface area contributed by atoms with Crippen molar-refractivity contribution >= 4 is 34.0 Å². The molecule has 1 aliphatic rings. The largest absolute Gasteiger partial charge is 0.405 e. The number of halogens is 6. The SMILES string of the molecule is Cl.O=S(=O)(NCC(N1CCNCC1)C(F)(F)F)c1cccc(Cl)c1F. The van der Waals surface area contributed by atoms with Gasteiger partial charge in [0.05, 0.1) is 5.02 Å². The molecule has 25 heavy (non-hydrogen) atoms. The lowest BCUT2D eigenvalue weighted by Gasteiger charge is -2.35. The van der Waals surface area contributed by atoms with Gasteiger partial charge >= 0.3 is 6.18 Å². The molecule has 0 spiro atoms. The summed E-state index contributed by atoms with van der Waals surface area (Å²) in [6.45, 7) is 0.122. The molecule has 1 atom stereocenters. The molecule has 0 aromatic heterocycles. The lowest BCUT2D eigenvalue weighted by atomic mass is 10.2. The van der Waals surface area contributed by atoms with Crippen LogP contribution in [0.2, 0.25) is 5.02 Å². The Labute approximate surface area is 154 Å². The quantitative estimate of drug-likeness (QED) is 0.708. The summed E-state index contributed by atoms with van der Waals surface area (Å²) < 4.78 is 79.6. The molecule has 0 radical (unpaired) electrons. The molecule has 5 nitrogen and oxygen atoms in total. The number of nitrogens with zero attached hydrogens (tertiary/aromatic N) is 1. The van der Waals surface area contributed by atoms with E-state index in [0.717, 1.165) is 17.0 Å². The summed E-state index contributed by atoms with van der Waals surface area (Å²) in [7, 11) is -4.46. The highest BCUT2D eigenvalue weighted by Crippen LogP contribution is 2.26. The molecule has 1 fully saturated rings. The highest BCUT2D eigenvalue weighted by atomic mass is 35.5. The van der Waals surface area contributed by atoms with E-state index in [1.807, 2.05) is 4.72 Å². The van der Waals surface area contributed by atoms with E-state index in [2.05, 4.69) is 5.32 Å². The highest BCUT2D eigenvalue weighted by Gasteiger charge is 2.44. The first-order valence-corrected chi connectivity index (χ1v) is 8.94. The van der Waals surface area contributed by atoms with Crippen LogP contribution in [0.1, 0.15) is 0 Å². The maximum absolute atomic E-state index is 13.8. The zero-order valence-electron chi connectivity index (χ0n) is 12.8. The molecule has 2 rings (SSSR count). The minimum absolute atomic E-state index is 0. The summed E-state index contributed by atoms with van der Waals surface area (Å²) in [5, 5.41) is 2.50. The number of benzene rings is 1. The van der Waals surface area contributed by atoms with Gasteiger partial charge in [0.25, 0.3) is 0 Å². The van der Waals surface area contributed by atoms with E-state index in [0.29, 0.717) is 13.1 Å². The van der Waals surface area contributed by atoms with Gasteiger partial charge in [-0.25, -0.2) is 17.5 Å². The van der Waals surface area contributed by atoms with E-state index >= 15 is 0 Å². The number of hydrogen-bond acceptors (Lipinski definition) is 4. The van der Waals surface area contributed by atoms with Crippen molar-refractivity contribution in [2.75, 3.05) is 32.7 Å². The average molecular weight is 426 g/mol. The standard InChI is InChI=1S/C13H16ClF4N3O2S.ClH/c14-9-2-1-3-10(12(9)15)24(22,23)20-8-11(13(16,17)18)21-6-4-19-5-7-21;/h1-3,11,19-20H,4-8H2;1H. The fourth-order valence-electron chi connectivity index (χ4n) is 2.40. The van der Waals surface area contributed by atoms with Crippen LogP contribution in [0.4, 0.5) is 17.6 Å². The van der Waals surface area contributed by atoms with Crippen LogP contribution < -0.4 is 10.0 Å². The summed E-state index contributed by atoms with van der Waals surface area (Å²) in [4.78, 5) is 0.365. The molecule has 1 unspecified atom stereocenters. The van der Waals surface area contributed by atoms with Gasteiger partial charge in [0.2, 0.25) is 10.0 Å². The third kappa shape index (κ3) is 5.66. The zero-order chi connectivity index (χ0) is 18.0. The first kappa shape index (κ1) is 22.4. The van der Waals surface area contributed by atoms with Gasteiger partial charge in [-0.15, -0.1) is 12.4 Å². The van der Waals surface area contributed by atoms with Crippen molar-refractivity contribution in [3.8, 4) is 0 Å². The second kappa shape index (κ2) is 8.83. The first-order chi connectivity index (χ1) is 11.1. The number of piperazine rings is 1. The lowest BCUT2D eigenvalue weighted by molar-refractivity contribution is -0.182. The molecule has 1 aromatic rings. The van der Waals surface area contributed by atoms with Crippen LogP contribution in [0.25, 0.3) is 0 Å². The molecule has 1 heterocycles. The van der Waals surface area contributed by atoms with Crippen molar-refractivity contribution in [3.63, 3.8) is 0 Å². The van der Waals surface area contributed by atoms with Gasteiger partial charge < -0.3 is 5.32 Å². The van der Waals surface area contributed by atoms with E-state index in [-0.39, 0.29) is 25.5 Å². The van der Waals surface area contributed by atoms with Gasteiger partial charge in [-0.3, -0.25) is 4.90 Å². The Kier molecular flexibility index (Phi) is 7.91. The van der Waals surface area contributed by atoms with Crippen molar-refractivity contribution in [1.29, 1.82) is 0 Å². The Bertz CT molecular complexity index is 682. The molecule has 0 saturated carbocycles. The van der Waals surface area contributed by atoms with Crippen molar-refractivity contribution in [2.24, 2.45) is 0 Å². The highest BCUT2D eigenvalue weighted by molar-refractivity contribution is 7.89. The van der Waals surface area contributed by atoms with Crippen molar-refractivity contribution < 1.29 is 26.0 Å². The molecule has 0 amide bonds. The Morgan fingerprint density at radius 3 is 2.44 bits per heavy atom. The maximum Gasteiger partial charge on any atom is 0.405 e. The number of nitrogens with one attached hydrogen (secondary N) is 2. The minimum atomic E-state index is -4.62. The summed E-state index contributed by atoms with van der Waals surface area (Å²) in [5.41, 5.74) is 0. The molecule has 1 aliphatic heterocycles. The molecule has 144 valence electrons. The number of sulfonamides is 1. The van der Waals surface area contributed by atoms with Crippen molar-refractivity contribution in [1.82, 2.24) is 14.9 Å². The second-order valence-electron chi connectivity index (χ2n) is 5.25. The molecule has 1 aromatic carbocycles. The van der Waals surface area contributed by atoms with E-state index < -0.39 is 44.5 Å². The van der Waals surface area contributed by atoms with Crippen LogP contribution in [0.15, 0.2) is 23.1 Å². The number of rotatable bonds is 5. The Balaban J connectivity index is 0.00000312. The predicted molar refractivity (Wildman–Crippen MR) is 88.1 cm³/mol. The van der Waals surface area contributed by atoms with E-state index in [4.69, 9.17) is 11.6 Å². The van der Waals surface area contributed by atoms with Gasteiger partial charge in [-0.05, 0) is 12.1 Å². The Hall–Kier alpha value is -0.650. The maximum atomic E-state index is 13.8. The summed E-state index contributed by atoms with van der Waals surface area (Å²) in [5.74, 6) is -1.20. The van der Waals surface area contributed by atoms with Crippen LogP contribution in [0, 0.1) is 5.82 Å². The van der Waals surface area contributed by atoms with Gasteiger partial charge in [0.1, 0.15) is 10.9 Å². The number of alkyl halides is 3. The molecule has 0 bridgehead atoms. The molecular weight excluding hydrogens is 409 g/mol. The van der Waals surface area contributed by atoms with Crippen LogP contribution in [0.5, 0.6) is 0 Å². The molecule has 12 heteroatoms. The summed E-state index contributed by atoms with van der Waals surface area (Å²) >= 11 is 5.51. The fourth-order valence-corrected chi connectivity index (χ4v) is 3.77. The zero-order valence-corrected chi connectivity index (χ0v) is 15.2.